The molecule has 126 valence electrons. The first kappa shape index (κ1) is 17.0. The summed E-state index contributed by atoms with van der Waals surface area (Å²) in [5, 5.41) is 4.60. The van der Waals surface area contributed by atoms with Crippen molar-refractivity contribution < 1.29 is 27.2 Å². The Morgan fingerprint density at radius 3 is 2.39 bits per heavy atom. The summed E-state index contributed by atoms with van der Waals surface area (Å²) in [4.78, 5) is 24.9. The molecule has 1 aliphatic rings. The maximum Gasteiger partial charge on any atom is 0.318 e. The van der Waals surface area contributed by atoms with Gasteiger partial charge >= 0.3 is 6.03 Å². The molecule has 2 rings (SSSR count). The number of carbonyl (C=O) groups is 2. The Morgan fingerprint density at radius 1 is 1.22 bits per heavy atom. The lowest BCUT2D eigenvalue weighted by Gasteiger charge is -2.23. The molecule has 1 atom stereocenters. The van der Waals surface area contributed by atoms with E-state index >= 15 is 0 Å². The van der Waals surface area contributed by atoms with Gasteiger partial charge in [-0.3, -0.25) is 4.79 Å². The molecule has 9 heteroatoms. The number of likely N-dealkylation sites (tertiary alicyclic amines) is 1. The Hall–Kier alpha value is -2.32. The van der Waals surface area contributed by atoms with Gasteiger partial charge in [0.15, 0.2) is 23.3 Å². The topological polar surface area (TPSA) is 61.4 Å². The number of hydrogen-bond donors (Lipinski definition) is 2. The van der Waals surface area contributed by atoms with Crippen LogP contribution in [-0.4, -0.2) is 36.5 Å². The zero-order valence-corrected chi connectivity index (χ0v) is 12.3. The molecule has 1 aliphatic heterocycles. The third-order valence-electron chi connectivity index (χ3n) is 3.68. The molecule has 2 N–H and O–H groups in total. The standard InChI is InChI=1S/C14H15F4N3O2/c1-19-13(22)10-3-2-4-21(10)14(23)20-6-7-11(17)8(15)5-9(16)12(7)18/h5,10H,2-4,6H2,1H3,(H,19,22)(H,20,23). The number of nitrogens with zero attached hydrogens (tertiary/aromatic N) is 1. The lowest BCUT2D eigenvalue weighted by molar-refractivity contribution is -0.124. The number of nitrogens with one attached hydrogen (secondary N) is 2. The summed E-state index contributed by atoms with van der Waals surface area (Å²) < 4.78 is 53.2. The van der Waals surface area contributed by atoms with E-state index in [0.717, 1.165) is 0 Å². The molecule has 1 aromatic carbocycles. The lowest BCUT2D eigenvalue weighted by atomic mass is 10.1. The van der Waals surface area contributed by atoms with E-state index in [1.807, 2.05) is 0 Å². The summed E-state index contributed by atoms with van der Waals surface area (Å²) in [6, 6.07) is -1.32. The molecule has 1 heterocycles. The van der Waals surface area contributed by atoms with Gasteiger partial charge in [-0.15, -0.1) is 0 Å². The van der Waals surface area contributed by atoms with Crippen LogP contribution < -0.4 is 10.6 Å². The highest BCUT2D eigenvalue weighted by Crippen LogP contribution is 2.20. The van der Waals surface area contributed by atoms with Crippen molar-refractivity contribution >= 4 is 11.9 Å². The van der Waals surface area contributed by atoms with Crippen molar-refractivity contribution in [2.75, 3.05) is 13.6 Å². The molecule has 1 aromatic rings. The van der Waals surface area contributed by atoms with Crippen molar-refractivity contribution in [2.45, 2.75) is 25.4 Å². The second kappa shape index (κ2) is 6.84. The number of likely N-dealkylation sites (N-methyl/N-ethyl adjacent to an activating group) is 1. The molecule has 0 aromatic heterocycles. The van der Waals surface area contributed by atoms with E-state index in [1.165, 1.54) is 11.9 Å². The highest BCUT2D eigenvalue weighted by molar-refractivity contribution is 5.87. The van der Waals surface area contributed by atoms with Crippen LogP contribution in [0.3, 0.4) is 0 Å². The van der Waals surface area contributed by atoms with Gasteiger partial charge in [0, 0.05) is 25.2 Å². The molecule has 1 fully saturated rings. The summed E-state index contributed by atoms with van der Waals surface area (Å²) in [6.07, 6.45) is 1.06. The van der Waals surface area contributed by atoms with Crippen molar-refractivity contribution in [1.82, 2.24) is 15.5 Å². The van der Waals surface area contributed by atoms with E-state index in [4.69, 9.17) is 0 Å². The summed E-state index contributed by atoms with van der Waals surface area (Å²) in [7, 11) is 1.43. The van der Waals surface area contributed by atoms with Gasteiger partial charge in [0.25, 0.3) is 0 Å². The van der Waals surface area contributed by atoms with Crippen LogP contribution in [0.5, 0.6) is 0 Å². The number of rotatable bonds is 3. The van der Waals surface area contributed by atoms with Gasteiger partial charge in [0.05, 0.1) is 6.54 Å². The Balaban J connectivity index is 2.09. The van der Waals surface area contributed by atoms with Crippen LogP contribution in [0, 0.1) is 23.3 Å². The quantitative estimate of drug-likeness (QED) is 0.653. The summed E-state index contributed by atoms with van der Waals surface area (Å²) in [6.45, 7) is -0.436. The highest BCUT2D eigenvalue weighted by Gasteiger charge is 2.33. The van der Waals surface area contributed by atoms with Gasteiger partial charge in [-0.25, -0.2) is 22.4 Å². The molecule has 0 aliphatic carbocycles. The number of amides is 3. The Kier molecular flexibility index (Phi) is 5.07. The van der Waals surface area contributed by atoms with Crippen molar-refractivity contribution in [3.05, 3.63) is 34.9 Å². The third kappa shape index (κ3) is 3.38. The van der Waals surface area contributed by atoms with E-state index in [2.05, 4.69) is 10.6 Å². The zero-order valence-electron chi connectivity index (χ0n) is 12.3. The smallest absolute Gasteiger partial charge is 0.318 e. The number of carbonyl (C=O) groups excluding carboxylic acids is 2. The van der Waals surface area contributed by atoms with Crippen molar-refractivity contribution in [3.63, 3.8) is 0 Å². The number of halogens is 4. The molecule has 0 saturated carbocycles. The Labute approximate surface area is 129 Å². The number of urea groups is 1. The van der Waals surface area contributed by atoms with Gasteiger partial charge in [0.2, 0.25) is 5.91 Å². The lowest BCUT2D eigenvalue weighted by Crippen LogP contribution is -2.48. The van der Waals surface area contributed by atoms with Crippen molar-refractivity contribution in [2.24, 2.45) is 0 Å². The van der Waals surface area contributed by atoms with Crippen LogP contribution in [0.1, 0.15) is 18.4 Å². The van der Waals surface area contributed by atoms with Crippen LogP contribution in [0.4, 0.5) is 22.4 Å². The van der Waals surface area contributed by atoms with Gasteiger partial charge in [-0.2, -0.15) is 0 Å². The minimum Gasteiger partial charge on any atom is -0.357 e. The molecule has 1 saturated heterocycles. The average Bonchev–Trinajstić information content (AvgIpc) is 3.01. The first-order valence-electron chi connectivity index (χ1n) is 6.94. The molecule has 3 amide bonds. The summed E-state index contributed by atoms with van der Waals surface area (Å²) in [5.74, 6) is -6.57. The number of hydrogen-bond acceptors (Lipinski definition) is 2. The summed E-state index contributed by atoms with van der Waals surface area (Å²) >= 11 is 0. The van der Waals surface area contributed by atoms with Gasteiger partial charge in [0.1, 0.15) is 6.04 Å². The van der Waals surface area contributed by atoms with Gasteiger partial charge < -0.3 is 15.5 Å². The summed E-state index contributed by atoms with van der Waals surface area (Å²) in [5.41, 5.74) is -0.911. The minimum atomic E-state index is -1.56. The first-order valence-corrected chi connectivity index (χ1v) is 6.94. The molecule has 0 radical (unpaired) electrons. The fourth-order valence-electron chi connectivity index (χ4n) is 2.49. The highest BCUT2D eigenvalue weighted by atomic mass is 19.2. The largest absolute Gasteiger partial charge is 0.357 e. The molecular formula is C14H15F4N3O2. The molecule has 23 heavy (non-hydrogen) atoms. The second-order valence-corrected chi connectivity index (χ2v) is 5.07. The second-order valence-electron chi connectivity index (χ2n) is 5.07. The third-order valence-corrected chi connectivity index (χ3v) is 3.68. The minimum absolute atomic E-state index is 0.0953. The number of benzene rings is 1. The first-order chi connectivity index (χ1) is 10.9. The predicted molar refractivity (Wildman–Crippen MR) is 72.3 cm³/mol. The normalized spacial score (nSPS) is 17.3. The molecule has 0 spiro atoms. The average molecular weight is 333 g/mol. The van der Waals surface area contributed by atoms with E-state index < -0.39 is 47.5 Å². The van der Waals surface area contributed by atoms with Crippen LogP contribution in [0.25, 0.3) is 0 Å². The van der Waals surface area contributed by atoms with E-state index in [-0.39, 0.29) is 12.0 Å². The molecule has 5 nitrogen and oxygen atoms in total. The van der Waals surface area contributed by atoms with E-state index in [1.54, 1.807) is 0 Å². The zero-order chi connectivity index (χ0) is 17.1. The molecule has 0 bridgehead atoms. The van der Waals surface area contributed by atoms with Crippen molar-refractivity contribution in [3.8, 4) is 0 Å². The van der Waals surface area contributed by atoms with E-state index in [9.17, 15) is 27.2 Å². The van der Waals surface area contributed by atoms with Crippen LogP contribution in [0.15, 0.2) is 6.07 Å². The Bertz CT molecular complexity index is 613. The Morgan fingerprint density at radius 2 is 1.83 bits per heavy atom. The maximum atomic E-state index is 13.5. The maximum absolute atomic E-state index is 13.5. The molecule has 1 unspecified atom stereocenters. The van der Waals surface area contributed by atoms with Crippen LogP contribution in [0.2, 0.25) is 0 Å². The van der Waals surface area contributed by atoms with E-state index in [0.29, 0.717) is 19.4 Å². The van der Waals surface area contributed by atoms with Crippen LogP contribution in [-0.2, 0) is 11.3 Å². The van der Waals surface area contributed by atoms with Gasteiger partial charge in [-0.1, -0.05) is 0 Å². The van der Waals surface area contributed by atoms with Crippen LogP contribution >= 0.6 is 0 Å². The fourth-order valence-corrected chi connectivity index (χ4v) is 2.49. The van der Waals surface area contributed by atoms with Gasteiger partial charge in [-0.05, 0) is 12.8 Å². The SMILES string of the molecule is CNC(=O)C1CCCN1C(=O)NCc1c(F)c(F)cc(F)c1F. The monoisotopic (exact) mass is 333 g/mol. The predicted octanol–water partition coefficient (Wildman–Crippen LogP) is 1.66. The molecular weight excluding hydrogens is 318 g/mol. The fraction of sp³-hybridized carbons (Fsp3) is 0.429. The van der Waals surface area contributed by atoms with Crippen molar-refractivity contribution in [1.29, 1.82) is 0 Å².